The number of nitrogens with one attached hydrogen (secondary N) is 1. The molecule has 5 heteroatoms. The van der Waals surface area contributed by atoms with Gasteiger partial charge in [-0.15, -0.1) is 0 Å². The molecule has 2 N–H and O–H groups in total. The van der Waals surface area contributed by atoms with Gasteiger partial charge < -0.3 is 15.3 Å². The van der Waals surface area contributed by atoms with Crippen molar-refractivity contribution in [1.82, 2.24) is 4.90 Å². The van der Waals surface area contributed by atoms with Crippen LogP contribution in [-0.4, -0.2) is 35.6 Å². The first-order valence-electron chi connectivity index (χ1n) is 7.45. The third-order valence-electron chi connectivity index (χ3n) is 3.45. The summed E-state index contributed by atoms with van der Waals surface area (Å²) in [6.45, 7) is 2.70. The van der Waals surface area contributed by atoms with Gasteiger partial charge in [-0.1, -0.05) is 6.07 Å². The molecule has 0 aliphatic heterocycles. The number of amides is 1. The zero-order valence-corrected chi connectivity index (χ0v) is 13.0. The standard InChI is InChI=1S/C18H19N3O2/c1-2-21(10-11-22)18(23)15-4-3-5-17(12-15)20-16-8-6-14(13-19)7-9-16/h3-9,12,20,22H,2,10-11H2,1H3. The summed E-state index contributed by atoms with van der Waals surface area (Å²) in [6.07, 6.45) is 0. The van der Waals surface area contributed by atoms with Gasteiger partial charge in [-0.3, -0.25) is 4.79 Å². The molecule has 0 aromatic heterocycles. The monoisotopic (exact) mass is 309 g/mol. The van der Waals surface area contributed by atoms with Gasteiger partial charge in [0.05, 0.1) is 18.2 Å². The lowest BCUT2D eigenvalue weighted by Crippen LogP contribution is -2.33. The number of nitrogens with zero attached hydrogens (tertiary/aromatic N) is 2. The first-order valence-corrected chi connectivity index (χ1v) is 7.45. The van der Waals surface area contributed by atoms with Crippen LogP contribution in [0.25, 0.3) is 0 Å². The summed E-state index contributed by atoms with van der Waals surface area (Å²) >= 11 is 0. The van der Waals surface area contributed by atoms with Crippen LogP contribution in [0, 0.1) is 11.3 Å². The molecule has 118 valence electrons. The Labute approximate surface area is 135 Å². The molecule has 0 spiro atoms. The number of hydrogen-bond donors (Lipinski definition) is 2. The van der Waals surface area contributed by atoms with Gasteiger partial charge in [-0.2, -0.15) is 5.26 Å². The van der Waals surface area contributed by atoms with E-state index in [0.717, 1.165) is 11.4 Å². The number of aliphatic hydroxyl groups excluding tert-OH is 1. The maximum absolute atomic E-state index is 12.4. The molecule has 0 heterocycles. The average molecular weight is 309 g/mol. The lowest BCUT2D eigenvalue weighted by molar-refractivity contribution is 0.0732. The van der Waals surface area contributed by atoms with Crippen molar-refractivity contribution in [2.45, 2.75) is 6.92 Å². The Balaban J connectivity index is 2.15. The minimum absolute atomic E-state index is 0.0528. The molecule has 0 atom stereocenters. The fourth-order valence-electron chi connectivity index (χ4n) is 2.23. The van der Waals surface area contributed by atoms with Crippen molar-refractivity contribution in [3.63, 3.8) is 0 Å². The molecule has 0 aliphatic rings. The van der Waals surface area contributed by atoms with Crippen molar-refractivity contribution in [3.05, 3.63) is 59.7 Å². The van der Waals surface area contributed by atoms with E-state index in [2.05, 4.69) is 11.4 Å². The number of carbonyl (C=O) groups excluding carboxylic acids is 1. The van der Waals surface area contributed by atoms with Crippen molar-refractivity contribution in [2.24, 2.45) is 0 Å². The minimum atomic E-state index is -0.106. The smallest absolute Gasteiger partial charge is 0.253 e. The summed E-state index contributed by atoms with van der Waals surface area (Å²) < 4.78 is 0. The molecule has 5 nitrogen and oxygen atoms in total. The van der Waals surface area contributed by atoms with E-state index >= 15 is 0 Å². The highest BCUT2D eigenvalue weighted by Crippen LogP contribution is 2.19. The van der Waals surface area contributed by atoms with Crippen molar-refractivity contribution in [3.8, 4) is 6.07 Å². The Kier molecular flexibility index (Phi) is 5.73. The maximum Gasteiger partial charge on any atom is 0.253 e. The summed E-state index contributed by atoms with van der Waals surface area (Å²) in [5.74, 6) is -0.106. The number of aliphatic hydroxyl groups is 1. The molecule has 0 saturated carbocycles. The van der Waals surface area contributed by atoms with Crippen LogP contribution in [0.5, 0.6) is 0 Å². The van der Waals surface area contributed by atoms with Crippen molar-refractivity contribution in [1.29, 1.82) is 5.26 Å². The Morgan fingerprint density at radius 3 is 2.57 bits per heavy atom. The quantitative estimate of drug-likeness (QED) is 0.860. The first kappa shape index (κ1) is 16.5. The summed E-state index contributed by atoms with van der Waals surface area (Å²) in [4.78, 5) is 14.0. The lowest BCUT2D eigenvalue weighted by Gasteiger charge is -2.20. The van der Waals surface area contributed by atoms with Gasteiger partial charge in [0.2, 0.25) is 0 Å². The van der Waals surface area contributed by atoms with E-state index in [1.165, 1.54) is 0 Å². The summed E-state index contributed by atoms with van der Waals surface area (Å²) in [6, 6.07) is 16.4. The van der Waals surface area contributed by atoms with Gasteiger partial charge >= 0.3 is 0 Å². The third kappa shape index (κ3) is 4.31. The summed E-state index contributed by atoms with van der Waals surface area (Å²) in [5, 5.41) is 21.0. The molecule has 1 amide bonds. The highest BCUT2D eigenvalue weighted by atomic mass is 16.3. The number of rotatable bonds is 6. The number of hydrogen-bond acceptors (Lipinski definition) is 4. The van der Waals surface area contributed by atoms with Crippen molar-refractivity contribution in [2.75, 3.05) is 25.0 Å². The van der Waals surface area contributed by atoms with E-state index in [9.17, 15) is 4.79 Å². The second-order valence-corrected chi connectivity index (χ2v) is 5.00. The molecule has 2 aromatic rings. The molecule has 0 radical (unpaired) electrons. The van der Waals surface area contributed by atoms with Gasteiger partial charge in [0, 0.05) is 30.0 Å². The maximum atomic E-state index is 12.4. The van der Waals surface area contributed by atoms with Gasteiger partial charge in [0.1, 0.15) is 0 Å². The number of benzene rings is 2. The second-order valence-electron chi connectivity index (χ2n) is 5.00. The Morgan fingerprint density at radius 1 is 1.22 bits per heavy atom. The molecular formula is C18H19N3O2. The van der Waals surface area contributed by atoms with Gasteiger partial charge in [-0.05, 0) is 49.4 Å². The highest BCUT2D eigenvalue weighted by Gasteiger charge is 2.13. The van der Waals surface area contributed by atoms with E-state index in [1.807, 2.05) is 31.2 Å². The van der Waals surface area contributed by atoms with E-state index in [4.69, 9.17) is 10.4 Å². The average Bonchev–Trinajstić information content (AvgIpc) is 2.60. The molecule has 2 aromatic carbocycles. The zero-order valence-electron chi connectivity index (χ0n) is 13.0. The molecular weight excluding hydrogens is 290 g/mol. The second kappa shape index (κ2) is 7.97. The number of nitriles is 1. The Morgan fingerprint density at radius 2 is 1.96 bits per heavy atom. The van der Waals surface area contributed by atoms with Crippen LogP contribution in [0.1, 0.15) is 22.8 Å². The van der Waals surface area contributed by atoms with Crippen LogP contribution in [0.4, 0.5) is 11.4 Å². The molecule has 23 heavy (non-hydrogen) atoms. The van der Waals surface area contributed by atoms with Gasteiger partial charge in [0.15, 0.2) is 0 Å². The number of anilines is 2. The van der Waals surface area contributed by atoms with Crippen LogP contribution in [0.15, 0.2) is 48.5 Å². The summed E-state index contributed by atoms with van der Waals surface area (Å²) in [5.41, 5.74) is 2.80. The number of likely N-dealkylation sites (N-methyl/N-ethyl adjacent to an activating group) is 1. The zero-order chi connectivity index (χ0) is 16.7. The van der Waals surface area contributed by atoms with Crippen molar-refractivity contribution >= 4 is 17.3 Å². The number of carbonyl (C=O) groups is 1. The van der Waals surface area contributed by atoms with E-state index in [0.29, 0.717) is 24.2 Å². The first-order chi connectivity index (χ1) is 11.2. The van der Waals surface area contributed by atoms with Crippen LogP contribution < -0.4 is 5.32 Å². The molecule has 0 fully saturated rings. The molecule has 0 saturated heterocycles. The Bertz CT molecular complexity index is 705. The van der Waals surface area contributed by atoms with E-state index in [-0.39, 0.29) is 12.5 Å². The molecule has 2 rings (SSSR count). The van der Waals surface area contributed by atoms with Crippen LogP contribution >= 0.6 is 0 Å². The fourth-order valence-corrected chi connectivity index (χ4v) is 2.23. The summed E-state index contributed by atoms with van der Waals surface area (Å²) in [7, 11) is 0. The fraction of sp³-hybridized carbons (Fsp3) is 0.222. The van der Waals surface area contributed by atoms with Gasteiger partial charge in [0.25, 0.3) is 5.91 Å². The topological polar surface area (TPSA) is 76.4 Å². The molecule has 0 aliphatic carbocycles. The predicted molar refractivity (Wildman–Crippen MR) is 89.5 cm³/mol. The third-order valence-corrected chi connectivity index (χ3v) is 3.45. The normalized spacial score (nSPS) is 9.96. The molecule has 0 unspecified atom stereocenters. The van der Waals surface area contributed by atoms with E-state index in [1.54, 1.807) is 29.2 Å². The van der Waals surface area contributed by atoms with Crippen LogP contribution in [0.3, 0.4) is 0 Å². The van der Waals surface area contributed by atoms with E-state index < -0.39 is 0 Å². The SMILES string of the molecule is CCN(CCO)C(=O)c1cccc(Nc2ccc(C#N)cc2)c1. The minimum Gasteiger partial charge on any atom is -0.395 e. The van der Waals surface area contributed by atoms with Crippen LogP contribution in [0.2, 0.25) is 0 Å². The highest BCUT2D eigenvalue weighted by molar-refractivity contribution is 5.95. The van der Waals surface area contributed by atoms with Crippen molar-refractivity contribution < 1.29 is 9.90 Å². The van der Waals surface area contributed by atoms with Gasteiger partial charge in [-0.25, -0.2) is 0 Å². The largest absolute Gasteiger partial charge is 0.395 e. The van der Waals surface area contributed by atoms with Crippen LogP contribution in [-0.2, 0) is 0 Å². The lowest BCUT2D eigenvalue weighted by atomic mass is 10.1. The predicted octanol–water partition coefficient (Wildman–Crippen LogP) is 2.76. The Hall–Kier alpha value is -2.84. The molecule has 0 bridgehead atoms.